The van der Waals surface area contributed by atoms with Gasteiger partial charge in [-0.15, -0.1) is 0 Å². The molecule has 0 spiro atoms. The van der Waals surface area contributed by atoms with E-state index in [1.807, 2.05) is 51.7 Å². The lowest BCUT2D eigenvalue weighted by molar-refractivity contribution is 0.0139. The van der Waals surface area contributed by atoms with E-state index in [-0.39, 0.29) is 6.09 Å². The first-order valence-corrected chi connectivity index (χ1v) is 15.3. The van der Waals surface area contributed by atoms with Crippen molar-refractivity contribution in [2.75, 3.05) is 26.2 Å². The zero-order valence-electron chi connectivity index (χ0n) is 25.3. The smallest absolute Gasteiger partial charge is 0.410 e. The molecule has 0 bridgehead atoms. The quantitative estimate of drug-likeness (QED) is 0.345. The second-order valence-corrected chi connectivity index (χ2v) is 11.8. The average molecular weight is 610 g/mol. The van der Waals surface area contributed by atoms with Crippen LogP contribution in [0, 0.1) is 6.92 Å². The van der Waals surface area contributed by atoms with Gasteiger partial charge in [0.1, 0.15) is 5.60 Å². The topological polar surface area (TPSA) is 58.6 Å². The third-order valence-corrected chi connectivity index (χ3v) is 7.30. The van der Waals surface area contributed by atoms with Crippen LogP contribution in [0.3, 0.4) is 0 Å². The number of ether oxygens (including phenoxy) is 1. The highest BCUT2D eigenvalue weighted by Crippen LogP contribution is 2.22. The van der Waals surface area contributed by atoms with Crippen LogP contribution < -0.4 is 10.6 Å². The van der Waals surface area contributed by atoms with Crippen LogP contribution >= 0.6 is 15.9 Å². The fourth-order valence-corrected chi connectivity index (χ4v) is 5.22. The number of carbonyl (C=O) groups excluding carboxylic acids is 1. The van der Waals surface area contributed by atoms with Gasteiger partial charge in [0.25, 0.3) is 0 Å². The average Bonchev–Trinajstić information content (AvgIpc) is 2.94. The molecule has 1 saturated heterocycles. The number of nitrogens with zero attached hydrogens (tertiary/aromatic N) is 4. The summed E-state index contributed by atoms with van der Waals surface area (Å²) in [6, 6.07) is 12.5. The number of piperazine rings is 1. The van der Waals surface area contributed by atoms with Gasteiger partial charge in [-0.25, -0.2) is 4.79 Å². The van der Waals surface area contributed by atoms with Crippen molar-refractivity contribution in [1.29, 1.82) is 0 Å². The molecule has 40 heavy (non-hydrogen) atoms. The molecule has 1 aromatic carbocycles. The predicted octanol–water partition coefficient (Wildman–Crippen LogP) is 6.38. The fourth-order valence-electron chi connectivity index (χ4n) is 4.75. The lowest BCUT2D eigenvalue weighted by Crippen LogP contribution is -2.50. The van der Waals surface area contributed by atoms with Gasteiger partial charge in [-0.2, -0.15) is 0 Å². The van der Waals surface area contributed by atoms with Crippen LogP contribution in [0.2, 0.25) is 0 Å². The molecule has 0 radical (unpaired) electrons. The summed E-state index contributed by atoms with van der Waals surface area (Å²) in [6.45, 7) is 18.0. The number of hydrogen-bond acceptors (Lipinski definition) is 5. The summed E-state index contributed by atoms with van der Waals surface area (Å²) < 4.78 is 6.54. The minimum atomic E-state index is -0.436. The van der Waals surface area contributed by atoms with Crippen LogP contribution in [0.4, 0.5) is 4.79 Å². The number of aryl methyl sites for hydroxylation is 2. The number of halogens is 1. The van der Waals surface area contributed by atoms with Crippen molar-refractivity contribution in [3.63, 3.8) is 0 Å². The number of amides is 1. The van der Waals surface area contributed by atoms with E-state index in [1.54, 1.807) is 0 Å². The molecular weight excluding hydrogens is 564 g/mol. The van der Waals surface area contributed by atoms with E-state index < -0.39 is 5.60 Å². The van der Waals surface area contributed by atoms with Crippen molar-refractivity contribution in [3.8, 4) is 0 Å². The molecule has 3 aromatic rings. The molecule has 1 amide bonds. The van der Waals surface area contributed by atoms with E-state index >= 15 is 0 Å². The van der Waals surface area contributed by atoms with Gasteiger partial charge in [0.15, 0.2) is 0 Å². The standard InChI is InChI=1S/C20H29N3O2.C11H10BrN.C2H6/c1-15-13-16(17-7-5-6-8-18(17)21-15)14-22-9-11-23(12-10-22)19(24)25-20(2,3)4;1-2-9-7-6-8-4-3-5-10(12)11(8)13-9;1-2/h7-8,13H,5-6,9-12,14H2,1-4H3;3-7H,2H2,1H3;1-2H3. The van der Waals surface area contributed by atoms with Crippen LogP contribution in [0.1, 0.15) is 71.3 Å². The number of fused-ring (bicyclic) bond motifs is 2. The first kappa shape index (κ1) is 31.8. The Morgan fingerprint density at radius 2 is 1.70 bits per heavy atom. The predicted molar refractivity (Wildman–Crippen MR) is 170 cm³/mol. The Morgan fingerprint density at radius 1 is 1.00 bits per heavy atom. The molecular formula is C33H45BrN4O2. The van der Waals surface area contributed by atoms with Gasteiger partial charge in [0, 0.05) is 59.2 Å². The number of benzene rings is 1. The maximum Gasteiger partial charge on any atom is 0.410 e. The monoisotopic (exact) mass is 608 g/mol. The van der Waals surface area contributed by atoms with Gasteiger partial charge in [-0.3, -0.25) is 14.9 Å². The Bertz CT molecular complexity index is 1410. The van der Waals surface area contributed by atoms with Crippen LogP contribution in [0.15, 0.2) is 40.9 Å². The maximum absolute atomic E-state index is 12.2. The second-order valence-electron chi connectivity index (χ2n) is 10.9. The molecule has 1 aliphatic carbocycles. The number of aromatic nitrogens is 2. The molecule has 0 saturated carbocycles. The Labute approximate surface area is 248 Å². The van der Waals surface area contributed by atoms with Crippen molar-refractivity contribution in [2.24, 2.45) is 0 Å². The molecule has 6 nitrogen and oxygen atoms in total. The van der Waals surface area contributed by atoms with Gasteiger partial charge in [-0.05, 0) is 86.6 Å². The van der Waals surface area contributed by atoms with E-state index in [9.17, 15) is 4.79 Å². The van der Waals surface area contributed by atoms with E-state index in [1.165, 1.54) is 16.2 Å². The Morgan fingerprint density at radius 3 is 2.38 bits per heavy atom. The molecule has 2 aromatic heterocycles. The Kier molecular flexibility index (Phi) is 11.7. The first-order valence-electron chi connectivity index (χ1n) is 14.5. The van der Waals surface area contributed by atoms with Crippen molar-refractivity contribution >= 4 is 45.1 Å². The van der Waals surface area contributed by atoms with Crippen molar-refractivity contribution < 1.29 is 9.53 Å². The minimum absolute atomic E-state index is 0.202. The maximum atomic E-state index is 12.2. The second kappa shape index (κ2) is 14.7. The van der Waals surface area contributed by atoms with Gasteiger partial charge in [0.2, 0.25) is 0 Å². The minimum Gasteiger partial charge on any atom is -0.444 e. The van der Waals surface area contributed by atoms with E-state index in [2.05, 4.69) is 81.1 Å². The molecule has 216 valence electrons. The summed E-state index contributed by atoms with van der Waals surface area (Å²) >= 11 is 3.50. The van der Waals surface area contributed by atoms with E-state index in [0.29, 0.717) is 0 Å². The summed E-state index contributed by atoms with van der Waals surface area (Å²) in [7, 11) is 0. The van der Waals surface area contributed by atoms with Crippen LogP contribution in [0.5, 0.6) is 0 Å². The number of pyridine rings is 2. The van der Waals surface area contributed by atoms with Gasteiger partial charge in [0.05, 0.1) is 10.9 Å². The highest BCUT2D eigenvalue weighted by Gasteiger charge is 2.26. The number of hydrogen-bond donors (Lipinski definition) is 0. The lowest BCUT2D eigenvalue weighted by atomic mass is 10.1. The highest BCUT2D eigenvalue weighted by molar-refractivity contribution is 9.10. The van der Waals surface area contributed by atoms with Gasteiger partial charge >= 0.3 is 6.09 Å². The zero-order valence-corrected chi connectivity index (χ0v) is 26.8. The summed E-state index contributed by atoms with van der Waals surface area (Å²) in [6.07, 6.45) is 7.51. The third-order valence-electron chi connectivity index (χ3n) is 6.66. The lowest BCUT2D eigenvalue weighted by Gasteiger charge is -2.35. The van der Waals surface area contributed by atoms with E-state index in [4.69, 9.17) is 4.74 Å². The van der Waals surface area contributed by atoms with Crippen molar-refractivity contribution in [3.05, 3.63) is 68.4 Å². The van der Waals surface area contributed by atoms with Crippen molar-refractivity contribution in [2.45, 2.75) is 79.9 Å². The van der Waals surface area contributed by atoms with Gasteiger partial charge in [-0.1, -0.05) is 51.1 Å². The number of rotatable bonds is 3. The molecule has 0 unspecified atom stereocenters. The molecule has 0 atom stereocenters. The van der Waals surface area contributed by atoms with Crippen molar-refractivity contribution in [1.82, 2.24) is 19.8 Å². The molecule has 1 fully saturated rings. The Hall–Kier alpha value is -2.77. The molecule has 3 heterocycles. The van der Waals surface area contributed by atoms with Crippen LogP contribution in [-0.4, -0.2) is 57.6 Å². The molecule has 2 aliphatic rings. The molecule has 0 N–H and O–H groups in total. The van der Waals surface area contributed by atoms with Crippen LogP contribution in [-0.2, 0) is 17.7 Å². The molecule has 5 rings (SSSR count). The Balaban J connectivity index is 0.000000246. The summed E-state index contributed by atoms with van der Waals surface area (Å²) in [5, 5.41) is 3.62. The zero-order chi connectivity index (χ0) is 29.3. The molecule has 1 aliphatic heterocycles. The summed E-state index contributed by atoms with van der Waals surface area (Å²) in [5.41, 5.74) is 4.19. The molecule has 7 heteroatoms. The third kappa shape index (κ3) is 8.87. The van der Waals surface area contributed by atoms with E-state index in [0.717, 1.165) is 78.7 Å². The number of carbonyl (C=O) groups is 1. The fraction of sp³-hybridized carbons (Fsp3) is 0.485. The SMILES string of the molecule is CC.CCc1ccc2cccc(Br)c2n1.Cc1cc(CN2CCN(C(=O)OC(C)(C)C)CC2)c2c(n1)=CCCC=2. The van der Waals surface area contributed by atoms with Crippen LogP contribution in [0.25, 0.3) is 23.1 Å². The first-order chi connectivity index (χ1) is 19.1. The largest absolute Gasteiger partial charge is 0.444 e. The highest BCUT2D eigenvalue weighted by atomic mass is 79.9. The summed E-state index contributed by atoms with van der Waals surface area (Å²) in [5.74, 6) is 0. The number of para-hydroxylation sites is 1. The van der Waals surface area contributed by atoms with Gasteiger partial charge < -0.3 is 9.64 Å². The summed E-state index contributed by atoms with van der Waals surface area (Å²) in [4.78, 5) is 25.6. The normalized spacial score (nSPS) is 14.9.